The van der Waals surface area contributed by atoms with Crippen molar-refractivity contribution in [1.29, 1.82) is 0 Å². The number of rotatable bonds is 5. The predicted molar refractivity (Wildman–Crippen MR) is 231 cm³/mol. The van der Waals surface area contributed by atoms with Crippen LogP contribution >= 0.6 is 11.8 Å². The summed E-state index contributed by atoms with van der Waals surface area (Å²) in [5, 5.41) is 0. The molecule has 11 rings (SSSR count). The van der Waals surface area contributed by atoms with Gasteiger partial charge in [-0.1, -0.05) is 194 Å². The summed E-state index contributed by atoms with van der Waals surface area (Å²) in [6.07, 6.45) is 0. The Labute approximate surface area is 331 Å². The van der Waals surface area contributed by atoms with Gasteiger partial charge in [0, 0.05) is 26.5 Å². The van der Waals surface area contributed by atoms with E-state index in [-0.39, 0.29) is 0 Å². The molecule has 0 saturated heterocycles. The van der Waals surface area contributed by atoms with Crippen molar-refractivity contribution in [1.82, 2.24) is 9.97 Å². The van der Waals surface area contributed by atoms with Gasteiger partial charge in [0.2, 0.25) is 0 Å². The van der Waals surface area contributed by atoms with Crippen LogP contribution in [0.1, 0.15) is 22.3 Å². The fraction of sp³-hybridized carbons (Fsp3) is 0.0189. The highest BCUT2D eigenvalue weighted by molar-refractivity contribution is 7.99. The van der Waals surface area contributed by atoms with E-state index in [1.807, 2.05) is 30.0 Å². The Balaban J connectivity index is 1.10. The molecule has 8 aromatic carbocycles. The minimum atomic E-state index is -0.441. The smallest absolute Gasteiger partial charge is 0.160 e. The number of nitrogens with zero attached hydrogens (tertiary/aromatic N) is 2. The Kier molecular flexibility index (Phi) is 7.68. The van der Waals surface area contributed by atoms with E-state index in [0.717, 1.165) is 39.2 Å². The van der Waals surface area contributed by atoms with Crippen molar-refractivity contribution in [2.24, 2.45) is 0 Å². The van der Waals surface area contributed by atoms with Crippen molar-refractivity contribution in [2.75, 3.05) is 0 Å². The van der Waals surface area contributed by atoms with E-state index in [4.69, 9.17) is 9.97 Å². The van der Waals surface area contributed by atoms with Crippen LogP contribution in [0.3, 0.4) is 0 Å². The number of benzene rings is 8. The van der Waals surface area contributed by atoms with Gasteiger partial charge in [0.05, 0.1) is 16.8 Å². The van der Waals surface area contributed by atoms with Crippen LogP contribution in [0.5, 0.6) is 0 Å². The zero-order valence-corrected chi connectivity index (χ0v) is 31.2. The molecule has 56 heavy (non-hydrogen) atoms. The van der Waals surface area contributed by atoms with Crippen LogP contribution in [0.2, 0.25) is 0 Å². The average molecular weight is 731 g/mol. The Bertz CT molecular complexity index is 2890. The highest BCUT2D eigenvalue weighted by atomic mass is 32.2. The lowest BCUT2D eigenvalue weighted by atomic mass is 9.67. The summed E-state index contributed by atoms with van der Waals surface area (Å²) in [4.78, 5) is 13.0. The molecule has 0 bridgehead atoms. The minimum Gasteiger partial charge on any atom is -0.228 e. The molecular formula is C53H34N2S. The molecule has 2 nitrogen and oxygen atoms in total. The van der Waals surface area contributed by atoms with Gasteiger partial charge < -0.3 is 0 Å². The highest BCUT2D eigenvalue weighted by Gasteiger charge is 2.50. The van der Waals surface area contributed by atoms with Crippen LogP contribution < -0.4 is 0 Å². The summed E-state index contributed by atoms with van der Waals surface area (Å²) in [7, 11) is 0. The summed E-state index contributed by atoms with van der Waals surface area (Å²) >= 11 is 1.88. The van der Waals surface area contributed by atoms with Gasteiger partial charge in [-0.3, -0.25) is 0 Å². The summed E-state index contributed by atoms with van der Waals surface area (Å²) < 4.78 is 0. The Morgan fingerprint density at radius 1 is 0.304 bits per heavy atom. The lowest BCUT2D eigenvalue weighted by Gasteiger charge is -2.40. The quantitative estimate of drug-likeness (QED) is 0.176. The maximum absolute atomic E-state index is 5.28. The van der Waals surface area contributed by atoms with Crippen molar-refractivity contribution in [2.45, 2.75) is 15.2 Å². The molecule has 0 radical (unpaired) electrons. The average Bonchev–Trinajstić information content (AvgIpc) is 3.57. The van der Waals surface area contributed by atoms with Crippen LogP contribution in [0.15, 0.2) is 216 Å². The molecule has 0 atom stereocenters. The van der Waals surface area contributed by atoms with Gasteiger partial charge in [0.25, 0.3) is 0 Å². The fourth-order valence-corrected chi connectivity index (χ4v) is 10.1. The van der Waals surface area contributed by atoms with E-state index in [0.29, 0.717) is 5.82 Å². The van der Waals surface area contributed by atoms with Gasteiger partial charge >= 0.3 is 0 Å². The second-order valence-corrected chi connectivity index (χ2v) is 15.6. The third kappa shape index (κ3) is 5.12. The van der Waals surface area contributed by atoms with E-state index < -0.39 is 5.41 Å². The number of fused-ring (bicyclic) bond motifs is 9. The standard InChI is InChI=1S/C53H34N2S/c1-3-15-35(16-4-1)36-27-29-37(30-28-36)48-34-49(55-52(54-48)38-17-5-2-6-18-38)43-22-8-7-19-40(43)39-31-32-51-47(33-39)53(46-25-13-14-26-50(46)56-51)44-23-11-9-20-41(44)42-21-10-12-24-45(42)53/h1-34H. The molecule has 0 saturated carbocycles. The second-order valence-electron chi connectivity index (χ2n) is 14.5. The monoisotopic (exact) mass is 730 g/mol. The fourth-order valence-electron chi connectivity index (χ4n) is 8.90. The van der Waals surface area contributed by atoms with Crippen LogP contribution in [0, 0.1) is 0 Å². The summed E-state index contributed by atoms with van der Waals surface area (Å²) in [5.41, 5.74) is 17.1. The Morgan fingerprint density at radius 2 is 0.786 bits per heavy atom. The van der Waals surface area contributed by atoms with Crippen LogP contribution in [-0.4, -0.2) is 9.97 Å². The largest absolute Gasteiger partial charge is 0.228 e. The van der Waals surface area contributed by atoms with E-state index in [1.165, 1.54) is 54.3 Å². The van der Waals surface area contributed by atoms with E-state index >= 15 is 0 Å². The first-order valence-corrected chi connectivity index (χ1v) is 19.9. The molecule has 0 N–H and O–H groups in total. The van der Waals surface area contributed by atoms with Crippen molar-refractivity contribution in [3.05, 3.63) is 229 Å². The first-order valence-electron chi connectivity index (χ1n) is 19.1. The molecule has 2 aliphatic rings. The maximum atomic E-state index is 5.28. The third-order valence-corrected chi connectivity index (χ3v) is 12.6. The first kappa shape index (κ1) is 32.6. The molecule has 9 aromatic rings. The number of hydrogen-bond acceptors (Lipinski definition) is 3. The van der Waals surface area contributed by atoms with Crippen LogP contribution in [0.25, 0.3) is 67.3 Å². The maximum Gasteiger partial charge on any atom is 0.160 e. The first-order chi connectivity index (χ1) is 27.8. The molecule has 3 heteroatoms. The van der Waals surface area contributed by atoms with Crippen LogP contribution in [0.4, 0.5) is 0 Å². The van der Waals surface area contributed by atoms with Gasteiger partial charge in [-0.25, -0.2) is 9.97 Å². The number of aromatic nitrogens is 2. The molecule has 1 aromatic heterocycles. The lowest BCUT2D eigenvalue weighted by Crippen LogP contribution is -2.32. The van der Waals surface area contributed by atoms with Gasteiger partial charge in [-0.2, -0.15) is 0 Å². The summed E-state index contributed by atoms with van der Waals surface area (Å²) in [5.74, 6) is 0.705. The minimum absolute atomic E-state index is 0.441. The van der Waals surface area contributed by atoms with Gasteiger partial charge in [0.1, 0.15) is 0 Å². The topological polar surface area (TPSA) is 25.8 Å². The molecule has 1 aliphatic heterocycles. The molecule has 1 spiro atoms. The second kappa shape index (κ2) is 13.2. The molecule has 2 heterocycles. The van der Waals surface area contributed by atoms with E-state index in [9.17, 15) is 0 Å². The molecule has 1 aliphatic carbocycles. The third-order valence-electron chi connectivity index (χ3n) is 11.4. The van der Waals surface area contributed by atoms with Crippen LogP contribution in [-0.2, 0) is 5.41 Å². The molecule has 262 valence electrons. The summed E-state index contributed by atoms with van der Waals surface area (Å²) in [6, 6.07) is 74.4. The van der Waals surface area contributed by atoms with Crippen molar-refractivity contribution in [3.63, 3.8) is 0 Å². The van der Waals surface area contributed by atoms with Crippen molar-refractivity contribution >= 4 is 11.8 Å². The van der Waals surface area contributed by atoms with Crippen molar-refractivity contribution < 1.29 is 0 Å². The highest BCUT2D eigenvalue weighted by Crippen LogP contribution is 2.62. The predicted octanol–water partition coefficient (Wildman–Crippen LogP) is 13.6. The van der Waals surface area contributed by atoms with Gasteiger partial charge in [0.15, 0.2) is 5.82 Å². The zero-order valence-electron chi connectivity index (χ0n) is 30.4. The molecule has 0 amide bonds. The lowest BCUT2D eigenvalue weighted by molar-refractivity contribution is 0.723. The van der Waals surface area contributed by atoms with Gasteiger partial charge in [-0.15, -0.1) is 0 Å². The summed E-state index contributed by atoms with van der Waals surface area (Å²) in [6.45, 7) is 0. The Morgan fingerprint density at radius 3 is 1.48 bits per heavy atom. The zero-order chi connectivity index (χ0) is 37.1. The molecule has 0 unspecified atom stereocenters. The van der Waals surface area contributed by atoms with Gasteiger partial charge in [-0.05, 0) is 79.9 Å². The normalized spacial score (nSPS) is 13.1. The van der Waals surface area contributed by atoms with E-state index in [1.54, 1.807) is 0 Å². The molecule has 0 fully saturated rings. The van der Waals surface area contributed by atoms with E-state index in [2.05, 4.69) is 188 Å². The molecular weight excluding hydrogens is 697 g/mol. The van der Waals surface area contributed by atoms with Crippen molar-refractivity contribution in [3.8, 4) is 67.3 Å². The SMILES string of the molecule is c1ccc(-c2ccc(-c3cc(-c4ccccc4-c4ccc5c(c4)C4(c6ccccc6S5)c5ccccc5-c5ccccc54)nc(-c4ccccc4)n3)cc2)cc1. The Hall–Kier alpha value is -6.81. The number of hydrogen-bond donors (Lipinski definition) is 0.